The summed E-state index contributed by atoms with van der Waals surface area (Å²) in [4.78, 5) is 45.5. The second-order valence-electron chi connectivity index (χ2n) is 10.6. The van der Waals surface area contributed by atoms with Gasteiger partial charge in [-0.1, -0.05) is 48.0 Å². The van der Waals surface area contributed by atoms with E-state index in [1.165, 1.54) is 16.0 Å². The number of aromatic amines is 1. The zero-order valence-electron chi connectivity index (χ0n) is 22.9. The van der Waals surface area contributed by atoms with Crippen LogP contribution in [0.2, 0.25) is 0 Å². The fourth-order valence-electron chi connectivity index (χ4n) is 6.25. The maximum absolute atomic E-state index is 13.8. The molecule has 4 atom stereocenters. The number of hydrogen-bond donors (Lipinski definition) is 3. The number of carbonyl (C=O) groups is 3. The molecule has 3 N–H and O–H groups in total. The number of urea groups is 1. The second kappa shape index (κ2) is 10.7. The molecular formula is C30H36N4O5. The van der Waals surface area contributed by atoms with E-state index in [1.54, 1.807) is 20.9 Å². The van der Waals surface area contributed by atoms with Crippen molar-refractivity contribution in [1.82, 2.24) is 20.1 Å². The molecule has 3 amide bonds. The van der Waals surface area contributed by atoms with Gasteiger partial charge in [-0.05, 0) is 44.7 Å². The molecule has 2 aliphatic heterocycles. The van der Waals surface area contributed by atoms with Crippen molar-refractivity contribution >= 4 is 28.8 Å². The number of para-hydroxylation sites is 1. The number of benzene rings is 2. The molecule has 0 aliphatic carbocycles. The van der Waals surface area contributed by atoms with Crippen LogP contribution >= 0.6 is 0 Å². The Hall–Kier alpha value is -3.85. The van der Waals surface area contributed by atoms with Gasteiger partial charge in [0.05, 0.1) is 30.2 Å². The minimum Gasteiger partial charge on any atom is -0.465 e. The molecule has 0 saturated carbocycles. The van der Waals surface area contributed by atoms with Crippen LogP contribution < -0.4 is 5.32 Å². The number of fused-ring (bicyclic) bond motifs is 5. The molecule has 3 heterocycles. The maximum Gasteiger partial charge on any atom is 0.325 e. The zero-order chi connectivity index (χ0) is 27.8. The Morgan fingerprint density at radius 3 is 2.74 bits per heavy atom. The van der Waals surface area contributed by atoms with Crippen LogP contribution in [0.1, 0.15) is 43.1 Å². The number of amides is 3. The van der Waals surface area contributed by atoms with Crippen LogP contribution in [0.3, 0.4) is 0 Å². The van der Waals surface area contributed by atoms with Crippen LogP contribution in [0.5, 0.6) is 0 Å². The normalized spacial score (nSPS) is 21.2. The minimum atomic E-state index is -0.944. The highest BCUT2D eigenvalue weighted by atomic mass is 16.5. The zero-order valence-corrected chi connectivity index (χ0v) is 22.9. The minimum absolute atomic E-state index is 0.167. The summed E-state index contributed by atoms with van der Waals surface area (Å²) < 4.78 is 4.90. The van der Waals surface area contributed by atoms with Gasteiger partial charge in [0.15, 0.2) is 0 Å². The van der Waals surface area contributed by atoms with Crippen LogP contribution in [0.25, 0.3) is 22.0 Å². The van der Waals surface area contributed by atoms with Gasteiger partial charge >= 0.3 is 12.0 Å². The van der Waals surface area contributed by atoms with E-state index in [2.05, 4.69) is 59.7 Å². The average Bonchev–Trinajstić information content (AvgIpc) is 3.30. The highest BCUT2D eigenvalue weighted by Crippen LogP contribution is 2.44. The molecule has 0 bridgehead atoms. The Bertz CT molecular complexity index is 1410. The Morgan fingerprint density at radius 1 is 1.26 bits per heavy atom. The third kappa shape index (κ3) is 4.87. The van der Waals surface area contributed by atoms with Crippen molar-refractivity contribution in [3.8, 4) is 11.1 Å². The van der Waals surface area contributed by atoms with Gasteiger partial charge < -0.3 is 29.9 Å². The van der Waals surface area contributed by atoms with Gasteiger partial charge in [-0.15, -0.1) is 0 Å². The first-order chi connectivity index (χ1) is 18.7. The van der Waals surface area contributed by atoms with E-state index in [0.29, 0.717) is 19.4 Å². The largest absolute Gasteiger partial charge is 0.465 e. The van der Waals surface area contributed by atoms with Crippen LogP contribution in [0, 0.1) is 12.8 Å². The fraction of sp³-hybridized carbons (Fsp3) is 0.433. The summed E-state index contributed by atoms with van der Waals surface area (Å²) in [6, 6.07) is 13.4. The van der Waals surface area contributed by atoms with Crippen molar-refractivity contribution in [3.63, 3.8) is 0 Å². The van der Waals surface area contributed by atoms with Crippen LogP contribution in [-0.4, -0.2) is 76.7 Å². The third-order valence-corrected chi connectivity index (χ3v) is 8.09. The van der Waals surface area contributed by atoms with Gasteiger partial charge in [0.2, 0.25) is 5.91 Å². The van der Waals surface area contributed by atoms with E-state index in [9.17, 15) is 19.5 Å². The van der Waals surface area contributed by atoms with E-state index in [0.717, 1.165) is 27.7 Å². The van der Waals surface area contributed by atoms with Crippen molar-refractivity contribution in [3.05, 3.63) is 59.3 Å². The SMILES string of the molecule is CCOC(=O)CNC(=O)N(C)[C@H]1C[C@H]2c3[nH]c4c(-c5cccc(C)c5)cccc4c3CCN2C(=O)[C@H]1[C@H](C)O. The summed E-state index contributed by atoms with van der Waals surface area (Å²) in [5, 5.41) is 14.4. The molecule has 5 rings (SSSR count). The summed E-state index contributed by atoms with van der Waals surface area (Å²) in [5.74, 6) is -1.47. The lowest BCUT2D eigenvalue weighted by Crippen LogP contribution is -2.60. The maximum atomic E-state index is 13.8. The Morgan fingerprint density at radius 2 is 2.03 bits per heavy atom. The number of nitrogens with zero attached hydrogens (tertiary/aromatic N) is 2. The number of aliphatic hydroxyl groups excluding tert-OH is 1. The van der Waals surface area contributed by atoms with E-state index < -0.39 is 30.1 Å². The first-order valence-corrected chi connectivity index (χ1v) is 13.6. The molecule has 3 aromatic rings. The van der Waals surface area contributed by atoms with E-state index >= 15 is 0 Å². The number of H-pyrrole nitrogens is 1. The van der Waals surface area contributed by atoms with Crippen LogP contribution in [0.4, 0.5) is 4.79 Å². The van der Waals surface area contributed by atoms with Gasteiger partial charge in [0.25, 0.3) is 0 Å². The van der Waals surface area contributed by atoms with Gasteiger partial charge in [-0.25, -0.2) is 4.79 Å². The van der Waals surface area contributed by atoms with Crippen LogP contribution in [0.15, 0.2) is 42.5 Å². The molecule has 1 saturated heterocycles. The number of aromatic nitrogens is 1. The number of aliphatic hydroxyl groups is 1. The predicted molar refractivity (Wildman–Crippen MR) is 148 cm³/mol. The molecular weight excluding hydrogens is 496 g/mol. The van der Waals surface area contributed by atoms with Crippen LogP contribution in [-0.2, 0) is 20.7 Å². The summed E-state index contributed by atoms with van der Waals surface area (Å²) in [6.07, 6.45) is 0.229. The number of carbonyl (C=O) groups excluding carboxylic acids is 3. The number of ether oxygens (including phenoxy) is 1. The molecule has 9 heteroatoms. The molecule has 1 aromatic heterocycles. The highest BCUT2D eigenvalue weighted by molar-refractivity contribution is 5.97. The lowest BCUT2D eigenvalue weighted by Gasteiger charge is -2.48. The monoisotopic (exact) mass is 532 g/mol. The van der Waals surface area contributed by atoms with Crippen molar-refractivity contribution in [2.45, 2.75) is 51.8 Å². The van der Waals surface area contributed by atoms with Crippen molar-refractivity contribution < 1.29 is 24.2 Å². The number of hydrogen-bond acceptors (Lipinski definition) is 5. The van der Waals surface area contributed by atoms with Gasteiger partial charge in [-0.3, -0.25) is 9.59 Å². The molecule has 0 radical (unpaired) electrons. The fourth-order valence-corrected chi connectivity index (χ4v) is 6.25. The van der Waals surface area contributed by atoms with Crippen molar-refractivity contribution in [2.24, 2.45) is 5.92 Å². The smallest absolute Gasteiger partial charge is 0.325 e. The van der Waals surface area contributed by atoms with Gasteiger partial charge in [0.1, 0.15) is 6.54 Å². The third-order valence-electron chi connectivity index (χ3n) is 8.09. The number of rotatable bonds is 6. The number of aryl methyl sites for hydroxylation is 1. The van der Waals surface area contributed by atoms with Gasteiger partial charge in [-0.2, -0.15) is 0 Å². The summed E-state index contributed by atoms with van der Waals surface area (Å²) >= 11 is 0. The highest BCUT2D eigenvalue weighted by Gasteiger charge is 2.49. The molecule has 206 valence electrons. The Labute approximate surface area is 228 Å². The first kappa shape index (κ1) is 26.7. The summed E-state index contributed by atoms with van der Waals surface area (Å²) in [6.45, 7) is 5.87. The molecule has 39 heavy (non-hydrogen) atoms. The van der Waals surface area contributed by atoms with Crippen molar-refractivity contribution in [2.75, 3.05) is 26.7 Å². The molecule has 9 nitrogen and oxygen atoms in total. The lowest BCUT2D eigenvalue weighted by molar-refractivity contribution is -0.151. The molecule has 1 fully saturated rings. The molecule has 0 unspecified atom stereocenters. The molecule has 2 aromatic carbocycles. The lowest BCUT2D eigenvalue weighted by atomic mass is 9.79. The topological polar surface area (TPSA) is 115 Å². The quantitative estimate of drug-likeness (QED) is 0.420. The average molecular weight is 533 g/mol. The first-order valence-electron chi connectivity index (χ1n) is 13.6. The number of esters is 1. The van der Waals surface area contributed by atoms with Crippen molar-refractivity contribution in [1.29, 1.82) is 0 Å². The second-order valence-corrected chi connectivity index (χ2v) is 10.6. The van der Waals surface area contributed by atoms with E-state index in [-0.39, 0.29) is 25.1 Å². The van der Waals surface area contributed by atoms with Gasteiger partial charge in [0, 0.05) is 36.3 Å². The predicted octanol–water partition coefficient (Wildman–Crippen LogP) is 3.54. The summed E-state index contributed by atoms with van der Waals surface area (Å²) in [7, 11) is 1.61. The summed E-state index contributed by atoms with van der Waals surface area (Å²) in [5.41, 5.74) is 6.63. The number of nitrogens with one attached hydrogen (secondary N) is 2. The van der Waals surface area contributed by atoms with E-state index in [1.807, 2.05) is 4.90 Å². The van der Waals surface area contributed by atoms with E-state index in [4.69, 9.17) is 4.74 Å². The molecule has 0 spiro atoms. The standard InChI is InChI=1S/C30H36N4O5/c1-5-39-25(36)16-31-30(38)33(4)23-15-24-28-22(12-13-34(24)29(37)26(23)18(3)35)21-11-7-10-20(27(21)32-28)19-9-6-8-17(2)14-19/h6-11,14,18,23-24,26,32,35H,5,12-13,15-16H2,1-4H3,(H,31,38)/t18-,23-,24-,26-/m0/s1. The molecule has 2 aliphatic rings. The Balaban J connectivity index is 1.50. The number of piperidine rings is 1. The Kier molecular flexibility index (Phi) is 7.36.